The number of nitrogens with zero attached hydrogens (tertiary/aromatic N) is 2. The van der Waals surface area contributed by atoms with E-state index in [4.69, 9.17) is 16.3 Å². The second-order valence-electron chi connectivity index (χ2n) is 6.13. The van der Waals surface area contributed by atoms with Crippen LogP contribution >= 0.6 is 11.6 Å². The molecule has 7 heteroatoms. The quantitative estimate of drug-likeness (QED) is 0.821. The van der Waals surface area contributed by atoms with Crippen LogP contribution < -0.4 is 5.32 Å². The molecular formula is C20H20ClN3O3. The van der Waals surface area contributed by atoms with E-state index < -0.39 is 0 Å². The van der Waals surface area contributed by atoms with Crippen molar-refractivity contribution in [3.8, 4) is 11.3 Å². The summed E-state index contributed by atoms with van der Waals surface area (Å²) in [7, 11) is 1.58. The van der Waals surface area contributed by atoms with Crippen molar-refractivity contribution in [1.82, 2.24) is 15.2 Å². The van der Waals surface area contributed by atoms with Crippen molar-refractivity contribution in [2.75, 3.05) is 26.7 Å². The Kier molecular flexibility index (Phi) is 5.88. The summed E-state index contributed by atoms with van der Waals surface area (Å²) in [5.41, 5.74) is 2.78. The Labute approximate surface area is 162 Å². The molecule has 2 heterocycles. The molecule has 0 radical (unpaired) electrons. The van der Waals surface area contributed by atoms with Crippen molar-refractivity contribution in [2.45, 2.75) is 6.10 Å². The van der Waals surface area contributed by atoms with Crippen LogP contribution in [0.25, 0.3) is 11.3 Å². The monoisotopic (exact) mass is 385 g/mol. The highest BCUT2D eigenvalue weighted by molar-refractivity contribution is 6.31. The predicted octanol–water partition coefficient (Wildman–Crippen LogP) is 2.85. The van der Waals surface area contributed by atoms with Crippen LogP contribution in [0.5, 0.6) is 0 Å². The Morgan fingerprint density at radius 3 is 2.93 bits per heavy atom. The van der Waals surface area contributed by atoms with E-state index in [2.05, 4.69) is 16.9 Å². The number of ether oxygens (including phenoxy) is 1. The Bertz CT molecular complexity index is 885. The van der Waals surface area contributed by atoms with E-state index in [1.165, 1.54) is 6.08 Å². The van der Waals surface area contributed by atoms with Gasteiger partial charge in [-0.15, -0.1) is 0 Å². The molecule has 27 heavy (non-hydrogen) atoms. The van der Waals surface area contributed by atoms with Crippen LogP contribution in [0, 0.1) is 0 Å². The molecule has 1 aromatic heterocycles. The van der Waals surface area contributed by atoms with Crippen molar-refractivity contribution in [3.05, 3.63) is 65.3 Å². The van der Waals surface area contributed by atoms with Gasteiger partial charge >= 0.3 is 0 Å². The summed E-state index contributed by atoms with van der Waals surface area (Å²) in [5, 5.41) is 3.13. The summed E-state index contributed by atoms with van der Waals surface area (Å²) in [4.78, 5) is 29.8. The molecule has 1 saturated heterocycles. The van der Waals surface area contributed by atoms with E-state index in [1.807, 2.05) is 12.1 Å². The summed E-state index contributed by atoms with van der Waals surface area (Å²) in [6, 6.07) is 8.89. The molecule has 0 spiro atoms. The maximum absolute atomic E-state index is 11.9. The summed E-state index contributed by atoms with van der Waals surface area (Å²) in [5.74, 6) is -0.305. The number of aromatic nitrogens is 1. The van der Waals surface area contributed by atoms with Crippen LogP contribution in [0.4, 0.5) is 0 Å². The second kappa shape index (κ2) is 8.33. The SMILES string of the molecule is C=CC(=O)N1CCO[C@@H](c2cc(Cl)cc(-c3cc(C(=O)NC)ccn3)c2)C1. The minimum Gasteiger partial charge on any atom is -0.370 e. The molecule has 1 aliphatic heterocycles. The van der Waals surface area contributed by atoms with Crippen molar-refractivity contribution in [2.24, 2.45) is 0 Å². The lowest BCUT2D eigenvalue weighted by Gasteiger charge is -2.32. The zero-order valence-corrected chi connectivity index (χ0v) is 15.7. The fourth-order valence-electron chi connectivity index (χ4n) is 3.00. The molecule has 1 N–H and O–H groups in total. The van der Waals surface area contributed by atoms with Crippen molar-refractivity contribution in [3.63, 3.8) is 0 Å². The first-order chi connectivity index (χ1) is 13.0. The van der Waals surface area contributed by atoms with E-state index >= 15 is 0 Å². The number of rotatable bonds is 4. The third-order valence-corrected chi connectivity index (χ3v) is 4.61. The van der Waals surface area contributed by atoms with Crippen LogP contribution in [0.3, 0.4) is 0 Å². The Balaban J connectivity index is 1.92. The number of amides is 2. The zero-order chi connectivity index (χ0) is 19.4. The third kappa shape index (κ3) is 4.35. The van der Waals surface area contributed by atoms with E-state index in [9.17, 15) is 9.59 Å². The van der Waals surface area contributed by atoms with Crippen LogP contribution in [-0.4, -0.2) is 48.4 Å². The minimum atomic E-state index is -0.290. The molecule has 0 aliphatic carbocycles. The van der Waals surface area contributed by atoms with Crippen LogP contribution in [0.2, 0.25) is 5.02 Å². The second-order valence-corrected chi connectivity index (χ2v) is 6.57. The summed E-state index contributed by atoms with van der Waals surface area (Å²) < 4.78 is 5.84. The highest BCUT2D eigenvalue weighted by Gasteiger charge is 2.25. The number of halogens is 1. The van der Waals surface area contributed by atoms with Gasteiger partial charge in [0.05, 0.1) is 18.8 Å². The van der Waals surface area contributed by atoms with Crippen LogP contribution in [-0.2, 0) is 9.53 Å². The summed E-state index contributed by atoms with van der Waals surface area (Å²) in [6.45, 7) is 4.94. The first-order valence-electron chi connectivity index (χ1n) is 8.53. The number of nitrogens with one attached hydrogen (secondary N) is 1. The summed E-state index contributed by atoms with van der Waals surface area (Å²) in [6.07, 6.45) is 2.60. The standard InChI is InChI=1S/C20H20ClN3O3/c1-3-19(25)24-6-7-27-18(12-24)15-8-14(9-16(21)10-15)17-11-13(4-5-23-17)20(26)22-2/h3-5,8-11,18H,1,6-7,12H2,2H3,(H,22,26)/t18-/m1/s1. The molecule has 1 aliphatic rings. The average Bonchev–Trinajstić information content (AvgIpc) is 2.72. The van der Waals surface area contributed by atoms with Gasteiger partial charge in [-0.2, -0.15) is 0 Å². The molecule has 0 bridgehead atoms. The molecule has 6 nitrogen and oxygen atoms in total. The molecule has 2 aromatic rings. The highest BCUT2D eigenvalue weighted by Crippen LogP contribution is 2.30. The number of carbonyl (C=O) groups is 2. The molecule has 0 unspecified atom stereocenters. The predicted molar refractivity (Wildman–Crippen MR) is 104 cm³/mol. The maximum Gasteiger partial charge on any atom is 0.251 e. The van der Waals surface area contributed by atoms with E-state index in [0.717, 1.165) is 11.1 Å². The third-order valence-electron chi connectivity index (χ3n) is 4.39. The Morgan fingerprint density at radius 2 is 2.19 bits per heavy atom. The largest absolute Gasteiger partial charge is 0.370 e. The zero-order valence-electron chi connectivity index (χ0n) is 14.9. The van der Waals surface area contributed by atoms with Crippen molar-refractivity contribution in [1.29, 1.82) is 0 Å². The molecule has 140 valence electrons. The van der Waals surface area contributed by atoms with Gasteiger partial charge in [0.1, 0.15) is 6.10 Å². The Hall–Kier alpha value is -2.70. The van der Waals surface area contributed by atoms with Gasteiger partial charge in [-0.1, -0.05) is 18.2 Å². The minimum absolute atomic E-state index is 0.120. The smallest absolute Gasteiger partial charge is 0.251 e. The lowest BCUT2D eigenvalue weighted by molar-refractivity contribution is -0.133. The molecule has 1 aromatic carbocycles. The number of carbonyl (C=O) groups excluding carboxylic acids is 2. The lowest BCUT2D eigenvalue weighted by Crippen LogP contribution is -2.41. The van der Waals surface area contributed by atoms with E-state index in [1.54, 1.807) is 36.3 Å². The van der Waals surface area contributed by atoms with Crippen molar-refractivity contribution >= 4 is 23.4 Å². The topological polar surface area (TPSA) is 71.5 Å². The first kappa shape index (κ1) is 19.1. The number of morpholine rings is 1. The molecule has 1 atom stereocenters. The van der Waals surface area contributed by atoms with E-state index in [0.29, 0.717) is 36.0 Å². The fourth-order valence-corrected chi connectivity index (χ4v) is 3.24. The van der Waals surface area contributed by atoms with Gasteiger partial charge in [0, 0.05) is 35.9 Å². The van der Waals surface area contributed by atoms with Crippen LogP contribution in [0.15, 0.2) is 49.2 Å². The van der Waals surface area contributed by atoms with Gasteiger partial charge in [-0.05, 0) is 42.0 Å². The number of hydrogen-bond acceptors (Lipinski definition) is 4. The van der Waals surface area contributed by atoms with Crippen molar-refractivity contribution < 1.29 is 14.3 Å². The normalized spacial score (nSPS) is 16.7. The van der Waals surface area contributed by atoms with Gasteiger partial charge in [-0.3, -0.25) is 14.6 Å². The molecule has 3 rings (SSSR count). The van der Waals surface area contributed by atoms with Crippen LogP contribution in [0.1, 0.15) is 22.0 Å². The first-order valence-corrected chi connectivity index (χ1v) is 8.91. The van der Waals surface area contributed by atoms with Gasteiger partial charge in [0.2, 0.25) is 5.91 Å². The number of pyridine rings is 1. The lowest BCUT2D eigenvalue weighted by atomic mass is 10.0. The summed E-state index contributed by atoms with van der Waals surface area (Å²) >= 11 is 6.32. The molecule has 0 saturated carbocycles. The highest BCUT2D eigenvalue weighted by atomic mass is 35.5. The molecular weight excluding hydrogens is 366 g/mol. The maximum atomic E-state index is 11.9. The average molecular weight is 386 g/mol. The molecule has 2 amide bonds. The van der Waals surface area contributed by atoms with Gasteiger partial charge in [0.15, 0.2) is 0 Å². The van der Waals surface area contributed by atoms with Gasteiger partial charge < -0.3 is 15.0 Å². The Morgan fingerprint density at radius 1 is 1.37 bits per heavy atom. The van der Waals surface area contributed by atoms with Gasteiger partial charge in [0.25, 0.3) is 5.91 Å². The van der Waals surface area contributed by atoms with Gasteiger partial charge in [-0.25, -0.2) is 0 Å². The number of hydrogen-bond donors (Lipinski definition) is 1. The van der Waals surface area contributed by atoms with E-state index in [-0.39, 0.29) is 17.9 Å². The fraction of sp³-hybridized carbons (Fsp3) is 0.250. The molecule has 1 fully saturated rings. The number of benzene rings is 1.